The number of amides is 2. The van der Waals surface area contributed by atoms with E-state index in [1.54, 1.807) is 42.5 Å². The van der Waals surface area contributed by atoms with E-state index in [1.807, 2.05) is 31.2 Å². The van der Waals surface area contributed by atoms with Crippen LogP contribution < -0.4 is 10.6 Å². The highest BCUT2D eigenvalue weighted by molar-refractivity contribution is 7.99. The fourth-order valence-electron chi connectivity index (χ4n) is 2.82. The maximum atomic E-state index is 12.9. The summed E-state index contributed by atoms with van der Waals surface area (Å²) in [4.78, 5) is 26.6. The van der Waals surface area contributed by atoms with Crippen LogP contribution in [0.2, 0.25) is 5.02 Å². The molecule has 156 valence electrons. The molecule has 3 rings (SSSR count). The molecule has 0 aromatic heterocycles. The zero-order valence-corrected chi connectivity index (χ0v) is 18.4. The van der Waals surface area contributed by atoms with Gasteiger partial charge in [0.05, 0.1) is 21.7 Å². The lowest BCUT2D eigenvalue weighted by molar-refractivity contribution is 0.0953. The van der Waals surface area contributed by atoms with Gasteiger partial charge in [0.15, 0.2) is 0 Å². The zero-order chi connectivity index (χ0) is 22.2. The highest BCUT2D eigenvalue weighted by Gasteiger charge is 2.15. The fourth-order valence-corrected chi connectivity index (χ4v) is 4.11. The Bertz CT molecular complexity index is 1160. The van der Waals surface area contributed by atoms with Gasteiger partial charge in [-0.05, 0) is 48.9 Å². The van der Waals surface area contributed by atoms with Gasteiger partial charge in [-0.1, -0.05) is 54.6 Å². The molecule has 0 saturated heterocycles. The molecule has 3 aromatic rings. The van der Waals surface area contributed by atoms with E-state index in [2.05, 4.69) is 16.7 Å². The first-order valence-corrected chi connectivity index (χ1v) is 10.9. The average molecular weight is 450 g/mol. The van der Waals surface area contributed by atoms with E-state index in [1.165, 1.54) is 11.8 Å². The molecule has 7 heteroatoms. The standard InChI is InChI=1S/C24H20ClN3O2S/c1-2-13-27-23(29)18-12-11-17(14-20(18)25)28-24(30)19-8-4-6-10-22(19)31-21-9-5-3-7-16(21)15-26/h3-12,14H,2,13H2,1H3,(H,27,29)(H,28,30). The lowest BCUT2D eigenvalue weighted by Gasteiger charge is -2.12. The summed E-state index contributed by atoms with van der Waals surface area (Å²) in [7, 11) is 0. The number of carbonyl (C=O) groups is 2. The topological polar surface area (TPSA) is 82.0 Å². The van der Waals surface area contributed by atoms with Gasteiger partial charge in [-0.25, -0.2) is 0 Å². The van der Waals surface area contributed by atoms with Gasteiger partial charge in [-0.3, -0.25) is 9.59 Å². The summed E-state index contributed by atoms with van der Waals surface area (Å²) in [6.07, 6.45) is 0.827. The Morgan fingerprint density at radius 3 is 2.39 bits per heavy atom. The molecule has 0 atom stereocenters. The Morgan fingerprint density at radius 1 is 0.968 bits per heavy atom. The predicted octanol–water partition coefficient (Wildman–Crippen LogP) is 5.75. The smallest absolute Gasteiger partial charge is 0.256 e. The van der Waals surface area contributed by atoms with Crippen LogP contribution in [0, 0.1) is 11.3 Å². The summed E-state index contributed by atoms with van der Waals surface area (Å²) < 4.78 is 0. The molecule has 0 heterocycles. The number of benzene rings is 3. The monoisotopic (exact) mass is 449 g/mol. The van der Waals surface area contributed by atoms with Crippen molar-refractivity contribution in [2.75, 3.05) is 11.9 Å². The lowest BCUT2D eigenvalue weighted by Crippen LogP contribution is -2.24. The summed E-state index contributed by atoms with van der Waals surface area (Å²) >= 11 is 7.62. The first-order chi connectivity index (χ1) is 15.0. The van der Waals surface area contributed by atoms with Crippen LogP contribution in [-0.2, 0) is 0 Å². The minimum absolute atomic E-state index is 0.248. The van der Waals surface area contributed by atoms with Crippen molar-refractivity contribution >= 4 is 40.9 Å². The molecule has 31 heavy (non-hydrogen) atoms. The Kier molecular flexibility index (Phi) is 7.71. The lowest BCUT2D eigenvalue weighted by atomic mass is 10.1. The van der Waals surface area contributed by atoms with Gasteiger partial charge < -0.3 is 10.6 Å². The van der Waals surface area contributed by atoms with Crippen molar-refractivity contribution in [2.24, 2.45) is 0 Å². The number of rotatable bonds is 7. The van der Waals surface area contributed by atoms with E-state index in [4.69, 9.17) is 11.6 Å². The number of halogens is 1. The van der Waals surface area contributed by atoms with E-state index in [9.17, 15) is 14.9 Å². The summed E-state index contributed by atoms with van der Waals surface area (Å²) in [6.45, 7) is 2.53. The van der Waals surface area contributed by atoms with Crippen LogP contribution >= 0.6 is 23.4 Å². The fraction of sp³-hybridized carbons (Fsp3) is 0.125. The third-order valence-corrected chi connectivity index (χ3v) is 5.83. The number of nitrogens with one attached hydrogen (secondary N) is 2. The van der Waals surface area contributed by atoms with Crippen molar-refractivity contribution in [3.63, 3.8) is 0 Å². The van der Waals surface area contributed by atoms with E-state index < -0.39 is 0 Å². The molecule has 0 saturated carbocycles. The summed E-state index contributed by atoms with van der Waals surface area (Å²) in [5.74, 6) is -0.556. The second-order valence-corrected chi connectivity index (χ2v) is 8.10. The van der Waals surface area contributed by atoms with Crippen LogP contribution in [0.4, 0.5) is 5.69 Å². The van der Waals surface area contributed by atoms with Crippen molar-refractivity contribution in [1.29, 1.82) is 5.26 Å². The molecule has 0 aliphatic rings. The molecule has 5 nitrogen and oxygen atoms in total. The molecular formula is C24H20ClN3O2S. The molecule has 0 fully saturated rings. The molecule has 3 aromatic carbocycles. The minimum atomic E-state index is -0.309. The number of nitriles is 1. The third kappa shape index (κ3) is 5.66. The SMILES string of the molecule is CCCNC(=O)c1ccc(NC(=O)c2ccccc2Sc2ccccc2C#N)cc1Cl. The largest absolute Gasteiger partial charge is 0.352 e. The van der Waals surface area contributed by atoms with Gasteiger partial charge in [0.1, 0.15) is 6.07 Å². The Balaban J connectivity index is 1.79. The molecule has 0 unspecified atom stereocenters. The molecule has 0 aliphatic heterocycles. The van der Waals surface area contributed by atoms with E-state index in [-0.39, 0.29) is 16.8 Å². The van der Waals surface area contributed by atoms with Crippen LogP contribution in [0.25, 0.3) is 0 Å². The van der Waals surface area contributed by atoms with E-state index >= 15 is 0 Å². The summed E-state index contributed by atoms with van der Waals surface area (Å²) in [5.41, 5.74) is 1.86. The average Bonchev–Trinajstić information content (AvgIpc) is 2.78. The normalized spacial score (nSPS) is 10.2. The number of anilines is 1. The minimum Gasteiger partial charge on any atom is -0.352 e. The maximum absolute atomic E-state index is 12.9. The molecule has 2 N–H and O–H groups in total. The van der Waals surface area contributed by atoms with Gasteiger partial charge in [0.2, 0.25) is 0 Å². The Morgan fingerprint density at radius 2 is 1.68 bits per heavy atom. The van der Waals surface area contributed by atoms with Gasteiger partial charge >= 0.3 is 0 Å². The van der Waals surface area contributed by atoms with Crippen molar-refractivity contribution < 1.29 is 9.59 Å². The highest BCUT2D eigenvalue weighted by atomic mass is 35.5. The zero-order valence-electron chi connectivity index (χ0n) is 16.8. The van der Waals surface area contributed by atoms with Gasteiger partial charge in [-0.15, -0.1) is 0 Å². The van der Waals surface area contributed by atoms with Crippen LogP contribution in [0.1, 0.15) is 39.6 Å². The summed E-state index contributed by atoms with van der Waals surface area (Å²) in [5, 5.41) is 15.2. The molecule has 0 aliphatic carbocycles. The molecule has 0 bridgehead atoms. The maximum Gasteiger partial charge on any atom is 0.256 e. The van der Waals surface area contributed by atoms with Crippen molar-refractivity contribution in [3.05, 3.63) is 88.4 Å². The molecule has 0 radical (unpaired) electrons. The van der Waals surface area contributed by atoms with Crippen LogP contribution in [0.15, 0.2) is 76.5 Å². The number of hydrogen-bond donors (Lipinski definition) is 2. The van der Waals surface area contributed by atoms with Crippen LogP contribution in [0.3, 0.4) is 0 Å². The van der Waals surface area contributed by atoms with Crippen molar-refractivity contribution in [2.45, 2.75) is 23.1 Å². The second-order valence-electron chi connectivity index (χ2n) is 6.61. The molecule has 0 spiro atoms. The Hall–Kier alpha value is -3.27. The van der Waals surface area contributed by atoms with Crippen LogP contribution in [-0.4, -0.2) is 18.4 Å². The van der Waals surface area contributed by atoms with Gasteiger partial charge in [0, 0.05) is 22.0 Å². The van der Waals surface area contributed by atoms with Crippen LogP contribution in [0.5, 0.6) is 0 Å². The quantitative estimate of drug-likeness (QED) is 0.480. The first-order valence-electron chi connectivity index (χ1n) is 9.68. The Labute approximate surface area is 190 Å². The van der Waals surface area contributed by atoms with E-state index in [0.717, 1.165) is 16.2 Å². The number of nitrogens with zero attached hydrogens (tertiary/aromatic N) is 1. The van der Waals surface area contributed by atoms with Crippen molar-refractivity contribution in [3.8, 4) is 6.07 Å². The van der Waals surface area contributed by atoms with Crippen molar-refractivity contribution in [1.82, 2.24) is 5.32 Å². The highest BCUT2D eigenvalue weighted by Crippen LogP contribution is 2.33. The molecule has 2 amide bonds. The second kappa shape index (κ2) is 10.7. The number of hydrogen-bond acceptors (Lipinski definition) is 4. The predicted molar refractivity (Wildman–Crippen MR) is 124 cm³/mol. The van der Waals surface area contributed by atoms with Gasteiger partial charge in [-0.2, -0.15) is 5.26 Å². The summed E-state index contributed by atoms with van der Waals surface area (Å²) in [6, 6.07) is 21.4. The molecular weight excluding hydrogens is 430 g/mol. The first kappa shape index (κ1) is 22.4. The third-order valence-electron chi connectivity index (χ3n) is 4.37. The van der Waals surface area contributed by atoms with Gasteiger partial charge in [0.25, 0.3) is 11.8 Å². The van der Waals surface area contributed by atoms with E-state index in [0.29, 0.717) is 28.9 Å². The number of carbonyl (C=O) groups excluding carboxylic acids is 2.